The molecule has 0 bridgehead atoms. The highest BCUT2D eigenvalue weighted by Crippen LogP contribution is 2.25. The van der Waals surface area contributed by atoms with E-state index in [0.29, 0.717) is 30.3 Å². The van der Waals surface area contributed by atoms with E-state index in [9.17, 15) is 4.79 Å². The van der Waals surface area contributed by atoms with Gasteiger partial charge >= 0.3 is 0 Å². The third-order valence-corrected chi connectivity index (χ3v) is 5.18. The zero-order valence-electron chi connectivity index (χ0n) is 13.2. The quantitative estimate of drug-likeness (QED) is 0.808. The first-order valence-electron chi connectivity index (χ1n) is 8.39. The van der Waals surface area contributed by atoms with E-state index in [2.05, 4.69) is 23.6 Å². The molecule has 2 fully saturated rings. The Kier molecular flexibility index (Phi) is 5.85. The first kappa shape index (κ1) is 15.8. The van der Waals surface area contributed by atoms with E-state index in [0.717, 1.165) is 38.9 Å². The van der Waals surface area contributed by atoms with Gasteiger partial charge in [-0.3, -0.25) is 9.69 Å². The lowest BCUT2D eigenvalue weighted by Crippen LogP contribution is -2.56. The van der Waals surface area contributed by atoms with Crippen molar-refractivity contribution in [1.29, 1.82) is 0 Å². The summed E-state index contributed by atoms with van der Waals surface area (Å²) in [5.41, 5.74) is 5.63. The number of amides is 1. The third kappa shape index (κ3) is 3.73. The Morgan fingerprint density at radius 1 is 1.35 bits per heavy atom. The number of rotatable bonds is 6. The van der Waals surface area contributed by atoms with Gasteiger partial charge in [0.1, 0.15) is 0 Å². The molecule has 2 saturated heterocycles. The molecule has 116 valence electrons. The van der Waals surface area contributed by atoms with Crippen molar-refractivity contribution in [3.05, 3.63) is 0 Å². The predicted octanol–water partition coefficient (Wildman–Crippen LogP) is 1.84. The standard InChI is InChI=1S/C16H31N3O/c1-3-14(8-9-17)6-7-16(20)19-12-15-5-4-10-18(15)11-13(19)2/h13-15H,3-12,17H2,1-2H3. The number of carbonyl (C=O) groups excluding carboxylic acids is 1. The van der Waals surface area contributed by atoms with Crippen molar-refractivity contribution in [1.82, 2.24) is 9.80 Å². The van der Waals surface area contributed by atoms with Gasteiger partial charge in [0.2, 0.25) is 5.91 Å². The van der Waals surface area contributed by atoms with Crippen LogP contribution >= 0.6 is 0 Å². The molecule has 0 aromatic rings. The minimum absolute atomic E-state index is 0.361. The van der Waals surface area contributed by atoms with E-state index < -0.39 is 0 Å². The highest BCUT2D eigenvalue weighted by Gasteiger charge is 2.36. The summed E-state index contributed by atoms with van der Waals surface area (Å²) in [5, 5.41) is 0. The Balaban J connectivity index is 1.82. The lowest BCUT2D eigenvalue weighted by atomic mass is 9.96. The van der Waals surface area contributed by atoms with Crippen molar-refractivity contribution < 1.29 is 4.79 Å². The Morgan fingerprint density at radius 3 is 2.85 bits per heavy atom. The Morgan fingerprint density at radius 2 is 2.15 bits per heavy atom. The van der Waals surface area contributed by atoms with Crippen LogP contribution in [-0.2, 0) is 4.79 Å². The zero-order valence-corrected chi connectivity index (χ0v) is 13.2. The molecule has 2 heterocycles. The van der Waals surface area contributed by atoms with Gasteiger partial charge in [0.15, 0.2) is 0 Å². The average Bonchev–Trinajstić information content (AvgIpc) is 2.89. The van der Waals surface area contributed by atoms with Crippen molar-refractivity contribution in [2.24, 2.45) is 11.7 Å². The molecule has 0 aromatic heterocycles. The third-order valence-electron chi connectivity index (χ3n) is 5.18. The maximum absolute atomic E-state index is 12.5. The van der Waals surface area contributed by atoms with E-state index in [-0.39, 0.29) is 0 Å². The summed E-state index contributed by atoms with van der Waals surface area (Å²) in [6.07, 6.45) is 6.46. The highest BCUT2D eigenvalue weighted by atomic mass is 16.2. The van der Waals surface area contributed by atoms with Gasteiger partial charge in [0, 0.05) is 31.6 Å². The summed E-state index contributed by atoms with van der Waals surface area (Å²) in [5.74, 6) is 0.978. The second kappa shape index (κ2) is 7.41. The summed E-state index contributed by atoms with van der Waals surface area (Å²) in [4.78, 5) is 17.2. The first-order chi connectivity index (χ1) is 9.65. The van der Waals surface area contributed by atoms with Gasteiger partial charge in [0.25, 0.3) is 0 Å². The molecule has 2 aliphatic rings. The Bertz CT molecular complexity index is 321. The molecule has 0 saturated carbocycles. The van der Waals surface area contributed by atoms with E-state index in [4.69, 9.17) is 5.73 Å². The van der Waals surface area contributed by atoms with Crippen LogP contribution in [0.3, 0.4) is 0 Å². The van der Waals surface area contributed by atoms with Crippen LogP contribution in [-0.4, -0.2) is 54.0 Å². The number of carbonyl (C=O) groups is 1. The molecular formula is C16H31N3O. The summed E-state index contributed by atoms with van der Waals surface area (Å²) < 4.78 is 0. The fraction of sp³-hybridized carbons (Fsp3) is 0.938. The number of hydrogen-bond donors (Lipinski definition) is 1. The normalized spacial score (nSPS) is 28.4. The molecule has 3 atom stereocenters. The minimum Gasteiger partial charge on any atom is -0.337 e. The smallest absolute Gasteiger partial charge is 0.222 e. The van der Waals surface area contributed by atoms with E-state index in [1.54, 1.807) is 0 Å². The largest absolute Gasteiger partial charge is 0.337 e. The van der Waals surface area contributed by atoms with Gasteiger partial charge in [-0.1, -0.05) is 13.3 Å². The van der Waals surface area contributed by atoms with Crippen molar-refractivity contribution in [2.45, 2.75) is 64.5 Å². The molecule has 1 amide bonds. The maximum atomic E-state index is 12.5. The highest BCUT2D eigenvalue weighted by molar-refractivity contribution is 5.76. The topological polar surface area (TPSA) is 49.6 Å². The lowest BCUT2D eigenvalue weighted by molar-refractivity contribution is -0.137. The molecule has 0 aliphatic carbocycles. The molecule has 2 N–H and O–H groups in total. The Labute approximate surface area is 123 Å². The van der Waals surface area contributed by atoms with Crippen LogP contribution in [0.15, 0.2) is 0 Å². The van der Waals surface area contributed by atoms with Crippen LogP contribution < -0.4 is 5.73 Å². The van der Waals surface area contributed by atoms with Crippen LogP contribution in [0.25, 0.3) is 0 Å². The first-order valence-corrected chi connectivity index (χ1v) is 8.39. The summed E-state index contributed by atoms with van der Waals surface area (Å²) in [6.45, 7) is 8.38. The molecule has 0 aromatic carbocycles. The van der Waals surface area contributed by atoms with Gasteiger partial charge in [-0.2, -0.15) is 0 Å². The van der Waals surface area contributed by atoms with Crippen molar-refractivity contribution in [3.63, 3.8) is 0 Å². The van der Waals surface area contributed by atoms with Crippen LogP contribution in [0.5, 0.6) is 0 Å². The Hall–Kier alpha value is -0.610. The fourth-order valence-corrected chi connectivity index (χ4v) is 3.79. The number of nitrogens with zero attached hydrogens (tertiary/aromatic N) is 2. The lowest BCUT2D eigenvalue weighted by Gasteiger charge is -2.42. The van der Waals surface area contributed by atoms with Gasteiger partial charge < -0.3 is 10.6 Å². The van der Waals surface area contributed by atoms with Crippen LogP contribution in [0.1, 0.15) is 52.4 Å². The number of piperazine rings is 1. The second-order valence-corrected chi connectivity index (χ2v) is 6.58. The van der Waals surface area contributed by atoms with E-state index in [1.807, 2.05) is 0 Å². The van der Waals surface area contributed by atoms with Gasteiger partial charge in [0.05, 0.1) is 0 Å². The number of nitrogens with two attached hydrogens (primary N) is 1. The summed E-state index contributed by atoms with van der Waals surface area (Å²) in [6, 6.07) is 1.01. The number of hydrogen-bond acceptors (Lipinski definition) is 3. The van der Waals surface area contributed by atoms with E-state index in [1.165, 1.54) is 19.4 Å². The molecule has 4 nitrogen and oxygen atoms in total. The van der Waals surface area contributed by atoms with Crippen LogP contribution in [0, 0.1) is 5.92 Å². The number of fused-ring (bicyclic) bond motifs is 1. The van der Waals surface area contributed by atoms with Gasteiger partial charge in [-0.15, -0.1) is 0 Å². The molecule has 0 radical (unpaired) electrons. The van der Waals surface area contributed by atoms with E-state index >= 15 is 0 Å². The zero-order chi connectivity index (χ0) is 14.5. The van der Waals surface area contributed by atoms with Crippen LogP contribution in [0.4, 0.5) is 0 Å². The fourth-order valence-electron chi connectivity index (χ4n) is 3.79. The molecule has 2 rings (SSSR count). The molecule has 0 spiro atoms. The van der Waals surface area contributed by atoms with Gasteiger partial charge in [-0.05, 0) is 51.6 Å². The van der Waals surface area contributed by atoms with Crippen molar-refractivity contribution in [3.8, 4) is 0 Å². The molecule has 3 unspecified atom stereocenters. The maximum Gasteiger partial charge on any atom is 0.222 e. The molecule has 4 heteroatoms. The predicted molar refractivity (Wildman–Crippen MR) is 82.5 cm³/mol. The molecule has 2 aliphatic heterocycles. The van der Waals surface area contributed by atoms with Crippen LogP contribution in [0.2, 0.25) is 0 Å². The summed E-state index contributed by atoms with van der Waals surface area (Å²) >= 11 is 0. The summed E-state index contributed by atoms with van der Waals surface area (Å²) in [7, 11) is 0. The van der Waals surface area contributed by atoms with Crippen molar-refractivity contribution >= 4 is 5.91 Å². The minimum atomic E-state index is 0.361. The van der Waals surface area contributed by atoms with Crippen molar-refractivity contribution in [2.75, 3.05) is 26.2 Å². The SMILES string of the molecule is CCC(CCN)CCC(=O)N1CC2CCCN2CC1C. The molecule has 20 heavy (non-hydrogen) atoms. The average molecular weight is 281 g/mol. The second-order valence-electron chi connectivity index (χ2n) is 6.58. The molecular weight excluding hydrogens is 250 g/mol. The monoisotopic (exact) mass is 281 g/mol. The van der Waals surface area contributed by atoms with Gasteiger partial charge in [-0.25, -0.2) is 0 Å².